The Morgan fingerprint density at radius 1 is 1.17 bits per heavy atom. The molecule has 0 saturated heterocycles. The van der Waals surface area contributed by atoms with E-state index in [1.807, 2.05) is 24.3 Å². The maximum absolute atomic E-state index is 11.0. The van der Waals surface area contributed by atoms with Gasteiger partial charge in [0.1, 0.15) is 0 Å². The van der Waals surface area contributed by atoms with Crippen molar-refractivity contribution in [1.82, 2.24) is 0 Å². The van der Waals surface area contributed by atoms with Crippen LogP contribution in [0.3, 0.4) is 0 Å². The van der Waals surface area contributed by atoms with Crippen LogP contribution in [0, 0.1) is 0 Å². The SMILES string of the molecule is CCCC(CCC)Nc1cccc(NC(C)=O)c1. The Morgan fingerprint density at radius 2 is 1.78 bits per heavy atom. The van der Waals surface area contributed by atoms with Crippen molar-refractivity contribution in [2.75, 3.05) is 10.6 Å². The monoisotopic (exact) mass is 248 g/mol. The summed E-state index contributed by atoms with van der Waals surface area (Å²) in [5, 5.41) is 6.35. The Bertz CT molecular complexity index is 371. The van der Waals surface area contributed by atoms with Crippen LogP contribution in [0.25, 0.3) is 0 Å². The number of nitrogens with one attached hydrogen (secondary N) is 2. The van der Waals surface area contributed by atoms with Crippen molar-refractivity contribution in [2.45, 2.75) is 52.5 Å². The molecule has 100 valence electrons. The van der Waals surface area contributed by atoms with Gasteiger partial charge in [0.15, 0.2) is 0 Å². The Labute approximate surface area is 110 Å². The highest BCUT2D eigenvalue weighted by Gasteiger charge is 2.06. The van der Waals surface area contributed by atoms with Gasteiger partial charge in [-0.15, -0.1) is 0 Å². The minimum absolute atomic E-state index is 0.0363. The second kappa shape index (κ2) is 7.75. The van der Waals surface area contributed by atoms with E-state index in [2.05, 4.69) is 24.5 Å². The Hall–Kier alpha value is -1.51. The van der Waals surface area contributed by atoms with E-state index >= 15 is 0 Å². The molecule has 1 amide bonds. The summed E-state index contributed by atoms with van der Waals surface area (Å²) in [6.45, 7) is 5.94. The van der Waals surface area contributed by atoms with Crippen molar-refractivity contribution in [1.29, 1.82) is 0 Å². The number of carbonyl (C=O) groups excluding carboxylic acids is 1. The molecule has 1 aromatic carbocycles. The van der Waals surface area contributed by atoms with Gasteiger partial charge in [0, 0.05) is 24.3 Å². The molecule has 2 N–H and O–H groups in total. The average molecular weight is 248 g/mol. The number of rotatable bonds is 7. The van der Waals surface area contributed by atoms with Gasteiger partial charge in [0.2, 0.25) is 5.91 Å². The number of hydrogen-bond donors (Lipinski definition) is 2. The van der Waals surface area contributed by atoms with Crippen molar-refractivity contribution < 1.29 is 4.79 Å². The third-order valence-corrected chi connectivity index (χ3v) is 2.83. The van der Waals surface area contributed by atoms with Crippen molar-refractivity contribution in [3.8, 4) is 0 Å². The summed E-state index contributed by atoms with van der Waals surface area (Å²) in [5.74, 6) is -0.0363. The molecule has 0 heterocycles. The molecule has 1 rings (SSSR count). The molecule has 0 bridgehead atoms. The first kappa shape index (κ1) is 14.6. The van der Waals surface area contributed by atoms with Crippen molar-refractivity contribution in [3.63, 3.8) is 0 Å². The summed E-state index contributed by atoms with van der Waals surface area (Å²) in [7, 11) is 0. The van der Waals surface area contributed by atoms with E-state index in [0.29, 0.717) is 6.04 Å². The standard InChI is InChI=1S/C15H24N2O/c1-4-7-13(8-5-2)17-15-10-6-9-14(11-15)16-12(3)18/h6,9-11,13,17H,4-5,7-8H2,1-3H3,(H,16,18). The fraction of sp³-hybridized carbons (Fsp3) is 0.533. The summed E-state index contributed by atoms with van der Waals surface area (Å²) in [4.78, 5) is 11.0. The first-order valence-electron chi connectivity index (χ1n) is 6.79. The van der Waals surface area contributed by atoms with Gasteiger partial charge in [0.05, 0.1) is 0 Å². The molecule has 0 radical (unpaired) electrons. The van der Waals surface area contributed by atoms with Gasteiger partial charge in [-0.05, 0) is 31.0 Å². The molecule has 0 unspecified atom stereocenters. The highest BCUT2D eigenvalue weighted by Crippen LogP contribution is 2.18. The van der Waals surface area contributed by atoms with Crippen LogP contribution in [0.2, 0.25) is 0 Å². The highest BCUT2D eigenvalue weighted by atomic mass is 16.1. The summed E-state index contributed by atoms with van der Waals surface area (Å²) in [6.07, 6.45) is 4.72. The van der Waals surface area contributed by atoms with Crippen LogP contribution in [0.5, 0.6) is 0 Å². The van der Waals surface area contributed by atoms with E-state index in [4.69, 9.17) is 0 Å². The fourth-order valence-corrected chi connectivity index (χ4v) is 2.11. The minimum Gasteiger partial charge on any atom is -0.382 e. The van der Waals surface area contributed by atoms with Crippen LogP contribution >= 0.6 is 0 Å². The molecule has 0 aromatic heterocycles. The van der Waals surface area contributed by atoms with Crippen LogP contribution in [0.1, 0.15) is 46.5 Å². The summed E-state index contributed by atoms with van der Waals surface area (Å²) < 4.78 is 0. The second-order valence-electron chi connectivity index (χ2n) is 4.68. The van der Waals surface area contributed by atoms with Crippen LogP contribution in [0.15, 0.2) is 24.3 Å². The van der Waals surface area contributed by atoms with Crippen LogP contribution in [-0.2, 0) is 4.79 Å². The van der Waals surface area contributed by atoms with E-state index < -0.39 is 0 Å². The molecule has 0 spiro atoms. The normalized spacial score (nSPS) is 10.4. The Morgan fingerprint density at radius 3 is 2.33 bits per heavy atom. The van der Waals surface area contributed by atoms with Crippen molar-refractivity contribution in [3.05, 3.63) is 24.3 Å². The molecular formula is C15H24N2O. The van der Waals surface area contributed by atoms with Crippen molar-refractivity contribution in [2.24, 2.45) is 0 Å². The molecular weight excluding hydrogens is 224 g/mol. The molecule has 1 aromatic rings. The summed E-state index contributed by atoms with van der Waals surface area (Å²) >= 11 is 0. The fourth-order valence-electron chi connectivity index (χ4n) is 2.11. The maximum Gasteiger partial charge on any atom is 0.221 e. The lowest BCUT2D eigenvalue weighted by atomic mass is 10.1. The van der Waals surface area contributed by atoms with E-state index in [9.17, 15) is 4.79 Å². The van der Waals surface area contributed by atoms with E-state index in [-0.39, 0.29) is 5.91 Å². The largest absolute Gasteiger partial charge is 0.382 e. The van der Waals surface area contributed by atoms with Gasteiger partial charge < -0.3 is 10.6 Å². The van der Waals surface area contributed by atoms with Gasteiger partial charge in [0.25, 0.3) is 0 Å². The summed E-state index contributed by atoms with van der Waals surface area (Å²) in [6, 6.07) is 8.42. The first-order chi connectivity index (χ1) is 8.65. The zero-order chi connectivity index (χ0) is 13.4. The third kappa shape index (κ3) is 5.21. The number of hydrogen-bond acceptors (Lipinski definition) is 2. The number of benzene rings is 1. The quantitative estimate of drug-likeness (QED) is 0.765. The number of anilines is 2. The lowest BCUT2D eigenvalue weighted by Crippen LogP contribution is -2.19. The Kier molecular flexibility index (Phi) is 6.26. The summed E-state index contributed by atoms with van der Waals surface area (Å²) in [5.41, 5.74) is 1.92. The van der Waals surface area contributed by atoms with Crippen LogP contribution < -0.4 is 10.6 Å². The second-order valence-corrected chi connectivity index (χ2v) is 4.68. The predicted molar refractivity (Wildman–Crippen MR) is 78.0 cm³/mol. The van der Waals surface area contributed by atoms with Gasteiger partial charge in [-0.25, -0.2) is 0 Å². The first-order valence-corrected chi connectivity index (χ1v) is 6.79. The van der Waals surface area contributed by atoms with E-state index in [1.165, 1.54) is 32.6 Å². The third-order valence-electron chi connectivity index (χ3n) is 2.83. The molecule has 0 aliphatic heterocycles. The Balaban J connectivity index is 2.66. The van der Waals surface area contributed by atoms with Gasteiger partial charge in [-0.1, -0.05) is 32.8 Å². The maximum atomic E-state index is 11.0. The predicted octanol–water partition coefficient (Wildman–Crippen LogP) is 4.03. The zero-order valence-electron chi connectivity index (χ0n) is 11.6. The molecule has 0 saturated carbocycles. The topological polar surface area (TPSA) is 41.1 Å². The van der Waals surface area contributed by atoms with Gasteiger partial charge >= 0.3 is 0 Å². The number of carbonyl (C=O) groups is 1. The molecule has 3 nitrogen and oxygen atoms in total. The smallest absolute Gasteiger partial charge is 0.221 e. The zero-order valence-corrected chi connectivity index (χ0v) is 11.6. The van der Waals surface area contributed by atoms with Crippen LogP contribution in [0.4, 0.5) is 11.4 Å². The average Bonchev–Trinajstić information content (AvgIpc) is 2.29. The highest BCUT2D eigenvalue weighted by molar-refractivity contribution is 5.89. The number of amides is 1. The van der Waals surface area contributed by atoms with Crippen molar-refractivity contribution >= 4 is 17.3 Å². The lowest BCUT2D eigenvalue weighted by molar-refractivity contribution is -0.114. The molecule has 3 heteroatoms. The minimum atomic E-state index is -0.0363. The van der Waals surface area contributed by atoms with Gasteiger partial charge in [-0.2, -0.15) is 0 Å². The van der Waals surface area contributed by atoms with E-state index in [1.54, 1.807) is 0 Å². The molecule has 0 atom stereocenters. The molecule has 0 aliphatic rings. The van der Waals surface area contributed by atoms with E-state index in [0.717, 1.165) is 11.4 Å². The molecule has 18 heavy (non-hydrogen) atoms. The molecule has 0 aliphatic carbocycles. The molecule has 0 fully saturated rings. The van der Waals surface area contributed by atoms with Gasteiger partial charge in [-0.3, -0.25) is 4.79 Å². The lowest BCUT2D eigenvalue weighted by Gasteiger charge is -2.19. The van der Waals surface area contributed by atoms with Crippen LogP contribution in [-0.4, -0.2) is 11.9 Å².